The SMILES string of the molecule is O=C(c1cccc2ccccc12)N1CCC(F)(C(=O)O)C1. The molecule has 1 fully saturated rings. The summed E-state index contributed by atoms with van der Waals surface area (Å²) in [4.78, 5) is 24.7. The van der Waals surface area contributed by atoms with E-state index in [2.05, 4.69) is 0 Å². The van der Waals surface area contributed by atoms with E-state index in [1.54, 1.807) is 12.1 Å². The van der Waals surface area contributed by atoms with Crippen LogP contribution >= 0.6 is 0 Å². The minimum Gasteiger partial charge on any atom is -0.479 e. The van der Waals surface area contributed by atoms with Crippen molar-refractivity contribution < 1.29 is 19.1 Å². The highest BCUT2D eigenvalue weighted by Crippen LogP contribution is 2.28. The van der Waals surface area contributed by atoms with Crippen molar-refractivity contribution in [1.82, 2.24) is 4.90 Å². The number of carboxylic acids is 1. The Bertz CT molecular complexity index is 725. The first kappa shape index (κ1) is 13.5. The number of halogens is 1. The minimum absolute atomic E-state index is 0.116. The summed E-state index contributed by atoms with van der Waals surface area (Å²) in [6, 6.07) is 12.8. The molecule has 108 valence electrons. The minimum atomic E-state index is -2.33. The van der Waals surface area contributed by atoms with Crippen molar-refractivity contribution in [1.29, 1.82) is 0 Å². The maximum atomic E-state index is 14.1. The van der Waals surface area contributed by atoms with Crippen molar-refractivity contribution in [2.24, 2.45) is 0 Å². The van der Waals surface area contributed by atoms with Gasteiger partial charge in [-0.25, -0.2) is 9.18 Å². The first-order valence-electron chi connectivity index (χ1n) is 6.71. The standard InChI is InChI=1S/C16H14FNO3/c17-16(15(20)21)8-9-18(10-16)14(19)13-7-3-5-11-4-1-2-6-12(11)13/h1-7H,8-10H2,(H,20,21). The molecule has 2 aromatic rings. The predicted octanol–water partition coefficient (Wildman–Crippen LogP) is 2.48. The van der Waals surface area contributed by atoms with E-state index < -0.39 is 18.2 Å². The molecule has 1 N–H and O–H groups in total. The molecule has 0 spiro atoms. The van der Waals surface area contributed by atoms with E-state index in [1.807, 2.05) is 30.3 Å². The Hall–Kier alpha value is -2.43. The van der Waals surface area contributed by atoms with Crippen LogP contribution < -0.4 is 0 Å². The van der Waals surface area contributed by atoms with Gasteiger partial charge in [-0.1, -0.05) is 36.4 Å². The van der Waals surface area contributed by atoms with Crippen LogP contribution in [0.25, 0.3) is 10.8 Å². The average molecular weight is 287 g/mol. The number of likely N-dealkylation sites (tertiary alicyclic amines) is 1. The fourth-order valence-electron chi connectivity index (χ4n) is 2.70. The van der Waals surface area contributed by atoms with Crippen LogP contribution in [-0.4, -0.2) is 40.6 Å². The molecule has 0 saturated carbocycles. The quantitative estimate of drug-likeness (QED) is 0.923. The van der Waals surface area contributed by atoms with Crippen LogP contribution in [0.2, 0.25) is 0 Å². The molecule has 1 aliphatic rings. The zero-order valence-corrected chi connectivity index (χ0v) is 11.3. The summed E-state index contributed by atoms with van der Waals surface area (Å²) in [6.07, 6.45) is -0.168. The second kappa shape index (κ2) is 4.84. The van der Waals surface area contributed by atoms with Gasteiger partial charge in [-0.15, -0.1) is 0 Å². The molecule has 4 nitrogen and oxygen atoms in total. The van der Waals surface area contributed by atoms with E-state index in [9.17, 15) is 14.0 Å². The lowest BCUT2D eigenvalue weighted by Crippen LogP contribution is -2.38. The summed E-state index contributed by atoms with van der Waals surface area (Å²) in [7, 11) is 0. The lowest BCUT2D eigenvalue weighted by molar-refractivity contribution is -0.149. The van der Waals surface area contributed by atoms with Gasteiger partial charge in [-0.3, -0.25) is 4.79 Å². The van der Waals surface area contributed by atoms with Gasteiger partial charge in [-0.2, -0.15) is 0 Å². The van der Waals surface area contributed by atoms with Crippen LogP contribution in [-0.2, 0) is 4.79 Å². The third-order valence-electron chi connectivity index (χ3n) is 3.91. The largest absolute Gasteiger partial charge is 0.479 e. The molecule has 1 saturated heterocycles. The number of carboxylic acid groups (broad SMARTS) is 1. The van der Waals surface area contributed by atoms with Crippen LogP contribution in [0.15, 0.2) is 42.5 Å². The average Bonchev–Trinajstić information content (AvgIpc) is 2.90. The van der Waals surface area contributed by atoms with Crippen LogP contribution in [0.4, 0.5) is 4.39 Å². The van der Waals surface area contributed by atoms with E-state index in [0.29, 0.717) is 5.56 Å². The fraction of sp³-hybridized carbons (Fsp3) is 0.250. The topological polar surface area (TPSA) is 57.6 Å². The number of amides is 1. The van der Waals surface area contributed by atoms with Crippen molar-refractivity contribution >= 4 is 22.6 Å². The van der Waals surface area contributed by atoms with Crippen molar-refractivity contribution in [3.05, 3.63) is 48.0 Å². The maximum absolute atomic E-state index is 14.1. The summed E-state index contributed by atoms with van der Waals surface area (Å²) in [6.45, 7) is -0.282. The predicted molar refractivity (Wildman–Crippen MR) is 75.9 cm³/mol. The third kappa shape index (κ3) is 2.24. The Morgan fingerprint density at radius 3 is 2.57 bits per heavy atom. The first-order valence-corrected chi connectivity index (χ1v) is 6.71. The number of benzene rings is 2. The van der Waals surface area contributed by atoms with Crippen LogP contribution in [0.5, 0.6) is 0 Å². The van der Waals surface area contributed by atoms with Crippen LogP contribution in [0.1, 0.15) is 16.8 Å². The van der Waals surface area contributed by atoms with Gasteiger partial charge in [0, 0.05) is 18.5 Å². The van der Waals surface area contributed by atoms with Gasteiger partial charge in [0.1, 0.15) is 0 Å². The zero-order chi connectivity index (χ0) is 15.0. The number of carbonyl (C=O) groups excluding carboxylic acids is 1. The summed E-state index contributed by atoms with van der Waals surface area (Å²) in [5.74, 6) is -1.83. The van der Waals surface area contributed by atoms with Crippen LogP contribution in [0.3, 0.4) is 0 Å². The smallest absolute Gasteiger partial charge is 0.343 e. The number of hydrogen-bond donors (Lipinski definition) is 1. The molecule has 5 heteroatoms. The Morgan fingerprint density at radius 2 is 1.86 bits per heavy atom. The second-order valence-corrected chi connectivity index (χ2v) is 5.27. The Kier molecular flexibility index (Phi) is 3.12. The first-order chi connectivity index (χ1) is 10.0. The monoisotopic (exact) mass is 287 g/mol. The number of alkyl halides is 1. The summed E-state index contributed by atoms with van der Waals surface area (Å²) in [5, 5.41) is 10.6. The highest BCUT2D eigenvalue weighted by Gasteiger charge is 2.47. The molecule has 0 bridgehead atoms. The lowest BCUT2D eigenvalue weighted by atomic mass is 10.0. The van der Waals surface area contributed by atoms with E-state index in [0.717, 1.165) is 10.8 Å². The zero-order valence-electron chi connectivity index (χ0n) is 11.3. The molecule has 3 rings (SSSR count). The van der Waals surface area contributed by atoms with Gasteiger partial charge >= 0.3 is 5.97 Å². The van der Waals surface area contributed by atoms with Gasteiger partial charge < -0.3 is 10.0 Å². The van der Waals surface area contributed by atoms with Gasteiger partial charge in [0.05, 0.1) is 6.54 Å². The Labute approximate surface area is 120 Å². The summed E-state index contributed by atoms with van der Waals surface area (Å²) >= 11 is 0. The van der Waals surface area contributed by atoms with Crippen molar-refractivity contribution in [3.63, 3.8) is 0 Å². The normalized spacial score (nSPS) is 21.7. The summed E-state index contributed by atoms with van der Waals surface area (Å²) < 4.78 is 14.1. The molecule has 21 heavy (non-hydrogen) atoms. The van der Waals surface area contributed by atoms with Gasteiger partial charge in [-0.05, 0) is 16.8 Å². The molecule has 1 aliphatic heterocycles. The second-order valence-electron chi connectivity index (χ2n) is 5.27. The van der Waals surface area contributed by atoms with E-state index in [-0.39, 0.29) is 18.9 Å². The van der Waals surface area contributed by atoms with E-state index >= 15 is 0 Å². The van der Waals surface area contributed by atoms with Crippen molar-refractivity contribution in [3.8, 4) is 0 Å². The number of fused-ring (bicyclic) bond motifs is 1. The Balaban J connectivity index is 1.94. The number of aliphatic carboxylic acids is 1. The van der Waals surface area contributed by atoms with E-state index in [4.69, 9.17) is 5.11 Å². The van der Waals surface area contributed by atoms with Gasteiger partial charge in [0.15, 0.2) is 0 Å². The molecule has 1 unspecified atom stereocenters. The third-order valence-corrected chi connectivity index (χ3v) is 3.91. The molecule has 1 amide bonds. The Morgan fingerprint density at radius 1 is 1.14 bits per heavy atom. The molecular weight excluding hydrogens is 273 g/mol. The molecule has 0 aromatic heterocycles. The molecular formula is C16H14FNO3. The summed E-state index contributed by atoms with van der Waals surface area (Å²) in [5.41, 5.74) is -1.86. The maximum Gasteiger partial charge on any atom is 0.343 e. The van der Waals surface area contributed by atoms with E-state index in [1.165, 1.54) is 4.90 Å². The highest BCUT2D eigenvalue weighted by molar-refractivity contribution is 6.07. The lowest BCUT2D eigenvalue weighted by Gasteiger charge is -2.18. The number of carbonyl (C=O) groups is 2. The molecule has 2 aromatic carbocycles. The highest BCUT2D eigenvalue weighted by atomic mass is 19.1. The molecule has 1 atom stereocenters. The fourth-order valence-corrected chi connectivity index (χ4v) is 2.70. The molecule has 1 heterocycles. The number of hydrogen-bond acceptors (Lipinski definition) is 2. The van der Waals surface area contributed by atoms with Crippen molar-refractivity contribution in [2.75, 3.05) is 13.1 Å². The number of rotatable bonds is 2. The molecule has 0 radical (unpaired) electrons. The number of nitrogens with zero attached hydrogens (tertiary/aromatic N) is 1. The molecule has 0 aliphatic carbocycles. The van der Waals surface area contributed by atoms with Gasteiger partial charge in [0.2, 0.25) is 5.67 Å². The van der Waals surface area contributed by atoms with Gasteiger partial charge in [0.25, 0.3) is 5.91 Å². The van der Waals surface area contributed by atoms with Crippen LogP contribution in [0, 0.1) is 0 Å². The van der Waals surface area contributed by atoms with Crippen molar-refractivity contribution in [2.45, 2.75) is 12.1 Å².